The van der Waals surface area contributed by atoms with Gasteiger partial charge in [-0.15, -0.1) is 0 Å². The van der Waals surface area contributed by atoms with E-state index in [4.69, 9.17) is 0 Å². The van der Waals surface area contributed by atoms with Gasteiger partial charge in [-0.3, -0.25) is 0 Å². The van der Waals surface area contributed by atoms with Crippen molar-refractivity contribution in [3.05, 3.63) is 0 Å². The summed E-state index contributed by atoms with van der Waals surface area (Å²) >= 11 is 0. The van der Waals surface area contributed by atoms with Gasteiger partial charge in [0.05, 0.1) is 0 Å². The molecular formula is C15H30N2. The van der Waals surface area contributed by atoms with Crippen molar-refractivity contribution in [3.8, 4) is 0 Å². The minimum atomic E-state index is 0.447. The Bertz CT molecular complexity index is 223. The Labute approximate surface area is 107 Å². The van der Waals surface area contributed by atoms with Crippen molar-refractivity contribution in [2.45, 2.75) is 70.9 Å². The third kappa shape index (κ3) is 3.69. The summed E-state index contributed by atoms with van der Waals surface area (Å²) < 4.78 is 0. The molecule has 0 radical (unpaired) electrons. The lowest BCUT2D eigenvalue weighted by Crippen LogP contribution is -2.48. The Hall–Kier alpha value is -0.0800. The standard InChI is InChI=1S/C15H30N2/c1-13(2)17-10-6-14(7-11-17)12-15(3)8-4-5-9-16-15/h13-14,16H,4-12H2,1-3H3. The molecule has 0 spiro atoms. The molecule has 1 unspecified atom stereocenters. The average molecular weight is 238 g/mol. The predicted octanol–water partition coefficient (Wildman–Crippen LogP) is 3.03. The maximum absolute atomic E-state index is 3.76. The molecule has 2 heterocycles. The lowest BCUT2D eigenvalue weighted by molar-refractivity contribution is 0.120. The summed E-state index contributed by atoms with van der Waals surface area (Å²) in [7, 11) is 0. The lowest BCUT2D eigenvalue weighted by atomic mass is 9.79. The van der Waals surface area contributed by atoms with Crippen molar-refractivity contribution >= 4 is 0 Å². The third-order valence-electron chi connectivity index (χ3n) is 4.83. The molecule has 0 amide bonds. The van der Waals surface area contributed by atoms with Crippen LogP contribution in [0.3, 0.4) is 0 Å². The first-order chi connectivity index (χ1) is 8.09. The number of hydrogen-bond acceptors (Lipinski definition) is 2. The number of hydrogen-bond donors (Lipinski definition) is 1. The normalized spacial score (nSPS) is 33.2. The van der Waals surface area contributed by atoms with Gasteiger partial charge in [0.15, 0.2) is 0 Å². The van der Waals surface area contributed by atoms with E-state index in [1.54, 1.807) is 0 Å². The molecule has 2 fully saturated rings. The second-order valence-electron chi connectivity index (χ2n) is 6.72. The highest BCUT2D eigenvalue weighted by Crippen LogP contribution is 2.31. The summed E-state index contributed by atoms with van der Waals surface area (Å²) in [6.45, 7) is 11.0. The minimum Gasteiger partial charge on any atom is -0.312 e. The maximum Gasteiger partial charge on any atom is 0.0156 e. The SMILES string of the molecule is CC(C)N1CCC(CC2(C)CCCCN2)CC1. The highest BCUT2D eigenvalue weighted by molar-refractivity contribution is 4.90. The van der Waals surface area contributed by atoms with E-state index >= 15 is 0 Å². The van der Waals surface area contributed by atoms with Crippen LogP contribution in [0.4, 0.5) is 0 Å². The Balaban J connectivity index is 1.77. The smallest absolute Gasteiger partial charge is 0.0156 e. The zero-order chi connectivity index (χ0) is 12.3. The van der Waals surface area contributed by atoms with Gasteiger partial charge in [-0.05, 0) is 78.4 Å². The first-order valence-corrected chi connectivity index (χ1v) is 7.58. The van der Waals surface area contributed by atoms with E-state index in [-0.39, 0.29) is 0 Å². The second-order valence-corrected chi connectivity index (χ2v) is 6.72. The molecule has 0 bridgehead atoms. The highest BCUT2D eigenvalue weighted by Gasteiger charge is 2.31. The number of likely N-dealkylation sites (tertiary alicyclic amines) is 1. The Kier molecular flexibility index (Phi) is 4.48. The summed E-state index contributed by atoms with van der Waals surface area (Å²) in [5, 5.41) is 3.76. The summed E-state index contributed by atoms with van der Waals surface area (Å²) in [5.41, 5.74) is 0.447. The highest BCUT2D eigenvalue weighted by atomic mass is 15.1. The van der Waals surface area contributed by atoms with Crippen molar-refractivity contribution in [1.29, 1.82) is 0 Å². The Morgan fingerprint density at radius 2 is 1.94 bits per heavy atom. The van der Waals surface area contributed by atoms with Gasteiger partial charge in [-0.25, -0.2) is 0 Å². The van der Waals surface area contributed by atoms with Crippen LogP contribution in [0.2, 0.25) is 0 Å². The van der Waals surface area contributed by atoms with E-state index in [9.17, 15) is 0 Å². The summed E-state index contributed by atoms with van der Waals surface area (Å²) in [6, 6.07) is 0.736. The predicted molar refractivity (Wildman–Crippen MR) is 74.3 cm³/mol. The van der Waals surface area contributed by atoms with Gasteiger partial charge in [-0.2, -0.15) is 0 Å². The molecular weight excluding hydrogens is 208 g/mol. The molecule has 2 heteroatoms. The van der Waals surface area contributed by atoms with Gasteiger partial charge in [0.2, 0.25) is 0 Å². The molecule has 1 N–H and O–H groups in total. The van der Waals surface area contributed by atoms with Gasteiger partial charge in [-0.1, -0.05) is 6.42 Å². The summed E-state index contributed by atoms with van der Waals surface area (Å²) in [5.74, 6) is 0.959. The van der Waals surface area contributed by atoms with E-state index in [0.29, 0.717) is 5.54 Å². The second kappa shape index (κ2) is 5.71. The molecule has 2 aliphatic heterocycles. The van der Waals surface area contributed by atoms with Crippen LogP contribution in [0.25, 0.3) is 0 Å². The Morgan fingerprint density at radius 3 is 2.47 bits per heavy atom. The largest absolute Gasteiger partial charge is 0.312 e. The number of piperidine rings is 2. The van der Waals surface area contributed by atoms with Crippen LogP contribution < -0.4 is 5.32 Å². The van der Waals surface area contributed by atoms with Crippen LogP contribution in [0, 0.1) is 5.92 Å². The quantitative estimate of drug-likeness (QED) is 0.813. The topological polar surface area (TPSA) is 15.3 Å². The molecule has 100 valence electrons. The molecule has 0 aromatic rings. The van der Waals surface area contributed by atoms with E-state index < -0.39 is 0 Å². The van der Waals surface area contributed by atoms with Gasteiger partial charge in [0, 0.05) is 11.6 Å². The fourth-order valence-corrected chi connectivity index (χ4v) is 3.60. The minimum absolute atomic E-state index is 0.447. The van der Waals surface area contributed by atoms with E-state index in [0.717, 1.165) is 12.0 Å². The van der Waals surface area contributed by atoms with Gasteiger partial charge >= 0.3 is 0 Å². The fourth-order valence-electron chi connectivity index (χ4n) is 3.60. The monoisotopic (exact) mass is 238 g/mol. The molecule has 2 nitrogen and oxygen atoms in total. The Morgan fingerprint density at radius 1 is 1.24 bits per heavy atom. The average Bonchev–Trinajstić information content (AvgIpc) is 2.30. The van der Waals surface area contributed by atoms with Crippen LogP contribution in [-0.4, -0.2) is 36.1 Å². The zero-order valence-electron chi connectivity index (χ0n) is 12.0. The van der Waals surface area contributed by atoms with Crippen LogP contribution in [0.15, 0.2) is 0 Å². The fraction of sp³-hybridized carbons (Fsp3) is 1.00. The van der Waals surface area contributed by atoms with Crippen LogP contribution in [0.1, 0.15) is 59.3 Å². The van der Waals surface area contributed by atoms with Crippen molar-refractivity contribution in [2.75, 3.05) is 19.6 Å². The van der Waals surface area contributed by atoms with Crippen molar-refractivity contribution in [3.63, 3.8) is 0 Å². The van der Waals surface area contributed by atoms with Crippen LogP contribution >= 0.6 is 0 Å². The van der Waals surface area contributed by atoms with E-state index in [1.165, 1.54) is 58.2 Å². The van der Waals surface area contributed by atoms with Gasteiger partial charge in [0.1, 0.15) is 0 Å². The van der Waals surface area contributed by atoms with Crippen molar-refractivity contribution in [2.24, 2.45) is 5.92 Å². The van der Waals surface area contributed by atoms with E-state index in [1.807, 2.05) is 0 Å². The maximum atomic E-state index is 3.76. The molecule has 0 aromatic carbocycles. The summed E-state index contributed by atoms with van der Waals surface area (Å²) in [6.07, 6.45) is 8.41. The molecule has 2 rings (SSSR count). The molecule has 17 heavy (non-hydrogen) atoms. The number of nitrogens with zero attached hydrogens (tertiary/aromatic N) is 1. The van der Waals surface area contributed by atoms with Crippen molar-refractivity contribution < 1.29 is 0 Å². The number of nitrogens with one attached hydrogen (secondary N) is 1. The first-order valence-electron chi connectivity index (χ1n) is 7.58. The molecule has 1 atom stereocenters. The number of rotatable bonds is 3. The van der Waals surface area contributed by atoms with Crippen LogP contribution in [-0.2, 0) is 0 Å². The third-order valence-corrected chi connectivity index (χ3v) is 4.83. The zero-order valence-corrected chi connectivity index (χ0v) is 12.0. The van der Waals surface area contributed by atoms with Gasteiger partial charge in [0.25, 0.3) is 0 Å². The first kappa shape index (κ1) is 13.4. The molecule has 2 aliphatic rings. The summed E-state index contributed by atoms with van der Waals surface area (Å²) in [4.78, 5) is 2.63. The molecule has 0 aromatic heterocycles. The van der Waals surface area contributed by atoms with Crippen molar-refractivity contribution in [1.82, 2.24) is 10.2 Å². The molecule has 0 saturated carbocycles. The van der Waals surface area contributed by atoms with Crippen LogP contribution in [0.5, 0.6) is 0 Å². The molecule has 0 aliphatic carbocycles. The molecule has 2 saturated heterocycles. The lowest BCUT2D eigenvalue weighted by Gasteiger charge is -2.41. The van der Waals surface area contributed by atoms with E-state index in [2.05, 4.69) is 31.0 Å². The van der Waals surface area contributed by atoms with Gasteiger partial charge < -0.3 is 10.2 Å².